The van der Waals surface area contributed by atoms with E-state index in [2.05, 4.69) is 27.1 Å². The van der Waals surface area contributed by atoms with E-state index in [1.165, 1.54) is 0 Å². The Kier molecular flexibility index (Phi) is 7.80. The van der Waals surface area contributed by atoms with Gasteiger partial charge in [0.1, 0.15) is 0 Å². The van der Waals surface area contributed by atoms with E-state index in [4.69, 9.17) is 21.3 Å². The first-order chi connectivity index (χ1) is 15.1. The lowest BCUT2D eigenvalue weighted by Gasteiger charge is -2.28. The quantitative estimate of drug-likeness (QED) is 0.609. The van der Waals surface area contributed by atoms with Crippen molar-refractivity contribution in [3.8, 4) is 11.3 Å². The van der Waals surface area contributed by atoms with Crippen molar-refractivity contribution in [2.75, 3.05) is 25.1 Å². The maximum Gasteiger partial charge on any atom is 0.217 e. The molecule has 8 heteroatoms. The zero-order valence-electron chi connectivity index (χ0n) is 18.0. The lowest BCUT2D eigenvalue weighted by atomic mass is 9.83. The molecular weight excluding hydrogens is 432 g/mol. The number of rotatable bonds is 7. The monoisotopic (exact) mass is 462 g/mol. The van der Waals surface area contributed by atoms with Gasteiger partial charge in [0.25, 0.3) is 0 Å². The predicted molar refractivity (Wildman–Crippen MR) is 126 cm³/mol. The number of carbonyl (C=O) groups is 1. The number of carbonyl (C=O) groups excluding carboxylic acids is 1. The molecule has 0 aromatic carbocycles. The van der Waals surface area contributed by atoms with E-state index in [9.17, 15) is 4.79 Å². The Morgan fingerprint density at radius 3 is 2.71 bits per heavy atom. The molecule has 1 amide bonds. The summed E-state index contributed by atoms with van der Waals surface area (Å²) in [7, 11) is 0. The fraction of sp³-hybridized carbons (Fsp3) is 0.609. The van der Waals surface area contributed by atoms with E-state index in [1.807, 2.05) is 0 Å². The van der Waals surface area contributed by atoms with Gasteiger partial charge in [0, 0.05) is 55.6 Å². The Morgan fingerprint density at radius 2 is 1.97 bits per heavy atom. The molecule has 2 N–H and O–H groups in total. The number of thiazole rings is 1. The number of hydrogen-bond donors (Lipinski definition) is 2. The van der Waals surface area contributed by atoms with Crippen molar-refractivity contribution in [2.24, 2.45) is 11.8 Å². The van der Waals surface area contributed by atoms with Gasteiger partial charge in [-0.25, -0.2) is 4.98 Å². The number of ether oxygens (including phenoxy) is 1. The molecule has 0 unspecified atom stereocenters. The van der Waals surface area contributed by atoms with Gasteiger partial charge in [-0.05, 0) is 62.8 Å². The normalized spacial score (nSPS) is 22.3. The number of pyridine rings is 1. The van der Waals surface area contributed by atoms with Crippen molar-refractivity contribution in [3.63, 3.8) is 0 Å². The minimum Gasteiger partial charge on any atom is -0.381 e. The zero-order valence-corrected chi connectivity index (χ0v) is 19.6. The second kappa shape index (κ2) is 10.7. The summed E-state index contributed by atoms with van der Waals surface area (Å²) >= 11 is 8.10. The average Bonchev–Trinajstić information content (AvgIpc) is 3.24. The number of anilines is 1. The van der Waals surface area contributed by atoms with Crippen LogP contribution in [0.5, 0.6) is 0 Å². The highest BCUT2D eigenvalue weighted by atomic mass is 35.5. The van der Waals surface area contributed by atoms with E-state index in [0.717, 1.165) is 86.8 Å². The van der Waals surface area contributed by atoms with Gasteiger partial charge in [-0.1, -0.05) is 11.6 Å². The number of halogens is 1. The van der Waals surface area contributed by atoms with Gasteiger partial charge in [0.05, 0.1) is 10.7 Å². The summed E-state index contributed by atoms with van der Waals surface area (Å²) < 4.78 is 5.43. The Labute approximate surface area is 193 Å². The Morgan fingerprint density at radius 1 is 1.19 bits per heavy atom. The fourth-order valence-electron chi connectivity index (χ4n) is 4.54. The summed E-state index contributed by atoms with van der Waals surface area (Å²) in [6.07, 6.45) is 9.22. The summed E-state index contributed by atoms with van der Waals surface area (Å²) in [4.78, 5) is 20.6. The van der Waals surface area contributed by atoms with Crippen molar-refractivity contribution < 1.29 is 9.53 Å². The summed E-state index contributed by atoms with van der Waals surface area (Å²) in [5, 5.41) is 10.2. The topological polar surface area (TPSA) is 76.1 Å². The molecule has 0 atom stereocenters. The molecule has 2 aromatic heterocycles. The van der Waals surface area contributed by atoms with Crippen molar-refractivity contribution in [1.29, 1.82) is 0 Å². The highest BCUT2D eigenvalue weighted by molar-refractivity contribution is 7.14. The lowest BCUT2D eigenvalue weighted by molar-refractivity contribution is -0.119. The first-order valence-corrected chi connectivity index (χ1v) is 12.5. The molecule has 2 aliphatic rings. The molecule has 0 radical (unpaired) electrons. The SMILES string of the molecule is CC(=O)NC1CCC(Cc2cc(-c3csc(NCC4CCOCC4)n3)c(Cl)cn2)CC1. The van der Waals surface area contributed by atoms with Crippen LogP contribution in [0.1, 0.15) is 51.1 Å². The van der Waals surface area contributed by atoms with Crippen LogP contribution in [0, 0.1) is 11.8 Å². The smallest absolute Gasteiger partial charge is 0.217 e. The molecular formula is C23H31ClN4O2S. The van der Waals surface area contributed by atoms with Crippen LogP contribution in [0.15, 0.2) is 17.6 Å². The molecule has 168 valence electrons. The zero-order chi connectivity index (χ0) is 21.6. The van der Waals surface area contributed by atoms with Crippen LogP contribution in [0.25, 0.3) is 11.3 Å². The summed E-state index contributed by atoms with van der Waals surface area (Å²) in [6, 6.07) is 2.42. The summed E-state index contributed by atoms with van der Waals surface area (Å²) in [5.74, 6) is 1.31. The second-order valence-corrected chi connectivity index (χ2v) is 10.0. The van der Waals surface area contributed by atoms with Crippen molar-refractivity contribution in [2.45, 2.75) is 57.9 Å². The average molecular weight is 463 g/mol. The van der Waals surface area contributed by atoms with E-state index < -0.39 is 0 Å². The van der Waals surface area contributed by atoms with Crippen molar-refractivity contribution in [1.82, 2.24) is 15.3 Å². The number of nitrogens with zero attached hydrogens (tertiary/aromatic N) is 2. The van der Waals surface area contributed by atoms with Crippen LogP contribution in [0.2, 0.25) is 5.02 Å². The third-order valence-electron chi connectivity index (χ3n) is 6.33. The standard InChI is InChI=1S/C23H31ClN4O2S/c1-15(29)27-18-4-2-16(3-5-18)10-19-11-20(21(24)13-25-19)22-14-31-23(28-22)26-12-17-6-8-30-9-7-17/h11,13-14,16-18H,2-10,12H2,1H3,(H,26,28)(H,27,29). The van der Waals surface area contributed by atoms with Gasteiger partial charge >= 0.3 is 0 Å². The Hall–Kier alpha value is -1.70. The second-order valence-electron chi connectivity index (χ2n) is 8.75. The number of nitrogens with one attached hydrogen (secondary N) is 2. The van der Waals surface area contributed by atoms with Crippen LogP contribution in [0.3, 0.4) is 0 Å². The first kappa shape index (κ1) is 22.5. The molecule has 31 heavy (non-hydrogen) atoms. The highest BCUT2D eigenvalue weighted by Gasteiger charge is 2.23. The molecule has 3 heterocycles. The van der Waals surface area contributed by atoms with Crippen LogP contribution < -0.4 is 10.6 Å². The number of amides is 1. The van der Waals surface area contributed by atoms with Gasteiger partial charge in [-0.3, -0.25) is 9.78 Å². The number of aromatic nitrogens is 2. The molecule has 0 bridgehead atoms. The van der Waals surface area contributed by atoms with E-state index in [-0.39, 0.29) is 5.91 Å². The molecule has 2 aromatic rings. The third kappa shape index (κ3) is 6.40. The van der Waals surface area contributed by atoms with Gasteiger partial charge in [-0.2, -0.15) is 0 Å². The molecule has 2 fully saturated rings. The maximum atomic E-state index is 11.3. The molecule has 1 aliphatic carbocycles. The minimum absolute atomic E-state index is 0.0670. The third-order valence-corrected chi connectivity index (χ3v) is 7.43. The minimum atomic E-state index is 0.0670. The van der Waals surface area contributed by atoms with E-state index in [1.54, 1.807) is 24.5 Å². The van der Waals surface area contributed by atoms with Crippen molar-refractivity contribution >= 4 is 34.0 Å². The largest absolute Gasteiger partial charge is 0.381 e. The first-order valence-electron chi connectivity index (χ1n) is 11.3. The summed E-state index contributed by atoms with van der Waals surface area (Å²) in [5.41, 5.74) is 2.92. The Balaban J connectivity index is 1.35. The van der Waals surface area contributed by atoms with Crippen LogP contribution >= 0.6 is 22.9 Å². The molecule has 0 spiro atoms. The fourth-order valence-corrected chi connectivity index (χ4v) is 5.47. The maximum absolute atomic E-state index is 11.3. The summed E-state index contributed by atoms with van der Waals surface area (Å²) in [6.45, 7) is 4.25. The van der Waals surface area contributed by atoms with Gasteiger partial charge in [-0.15, -0.1) is 11.3 Å². The molecule has 1 saturated carbocycles. The van der Waals surface area contributed by atoms with E-state index in [0.29, 0.717) is 22.9 Å². The lowest BCUT2D eigenvalue weighted by Crippen LogP contribution is -2.36. The predicted octanol–water partition coefficient (Wildman–Crippen LogP) is 4.93. The number of hydrogen-bond acceptors (Lipinski definition) is 6. The van der Waals surface area contributed by atoms with Crippen LogP contribution in [-0.2, 0) is 16.0 Å². The molecule has 1 saturated heterocycles. The van der Waals surface area contributed by atoms with Crippen molar-refractivity contribution in [3.05, 3.63) is 28.4 Å². The van der Waals surface area contributed by atoms with Gasteiger partial charge in [0.2, 0.25) is 5.91 Å². The van der Waals surface area contributed by atoms with Gasteiger partial charge < -0.3 is 15.4 Å². The highest BCUT2D eigenvalue weighted by Crippen LogP contribution is 2.33. The molecule has 4 rings (SSSR count). The van der Waals surface area contributed by atoms with Crippen LogP contribution in [0.4, 0.5) is 5.13 Å². The van der Waals surface area contributed by atoms with E-state index >= 15 is 0 Å². The van der Waals surface area contributed by atoms with Gasteiger partial charge in [0.15, 0.2) is 5.13 Å². The molecule has 6 nitrogen and oxygen atoms in total. The molecule has 1 aliphatic heterocycles. The van der Waals surface area contributed by atoms with Crippen LogP contribution in [-0.4, -0.2) is 41.7 Å². The Bertz CT molecular complexity index is 876.